The number of aliphatic hydroxyl groups is 1. The summed E-state index contributed by atoms with van der Waals surface area (Å²) in [5.74, 6) is 0. The molecule has 0 amide bonds. The molecular formula is C12H22N2OS. The van der Waals surface area contributed by atoms with Gasteiger partial charge in [0.05, 0.1) is 5.60 Å². The number of rotatable bonds is 6. The van der Waals surface area contributed by atoms with Crippen molar-refractivity contribution in [2.45, 2.75) is 25.5 Å². The van der Waals surface area contributed by atoms with Crippen molar-refractivity contribution in [1.82, 2.24) is 10.2 Å². The number of hydrogen-bond donors (Lipinski definition) is 2. The molecule has 0 aliphatic heterocycles. The predicted molar refractivity (Wildman–Crippen MR) is 69.9 cm³/mol. The zero-order valence-electron chi connectivity index (χ0n) is 10.5. The minimum Gasteiger partial charge on any atom is -0.388 e. The van der Waals surface area contributed by atoms with Crippen LogP contribution in [0, 0.1) is 0 Å². The van der Waals surface area contributed by atoms with Gasteiger partial charge in [0.25, 0.3) is 0 Å². The normalized spacial score (nSPS) is 17.4. The summed E-state index contributed by atoms with van der Waals surface area (Å²) < 4.78 is 0. The molecule has 1 heterocycles. The van der Waals surface area contributed by atoms with Crippen LogP contribution in [0.4, 0.5) is 0 Å². The lowest BCUT2D eigenvalue weighted by Gasteiger charge is -2.28. The molecule has 0 spiro atoms. The van der Waals surface area contributed by atoms with Crippen molar-refractivity contribution in [2.24, 2.45) is 0 Å². The predicted octanol–water partition coefficient (Wildman–Crippen LogP) is 1.71. The first kappa shape index (κ1) is 13.6. The highest BCUT2D eigenvalue weighted by Crippen LogP contribution is 2.18. The number of likely N-dealkylation sites (N-methyl/N-ethyl adjacent to an activating group) is 1. The van der Waals surface area contributed by atoms with E-state index >= 15 is 0 Å². The van der Waals surface area contributed by atoms with Gasteiger partial charge in [0.2, 0.25) is 0 Å². The van der Waals surface area contributed by atoms with Crippen molar-refractivity contribution in [3.8, 4) is 0 Å². The molecule has 92 valence electrons. The van der Waals surface area contributed by atoms with E-state index in [2.05, 4.69) is 29.8 Å². The zero-order valence-corrected chi connectivity index (χ0v) is 11.3. The summed E-state index contributed by atoms with van der Waals surface area (Å²) in [5, 5.41) is 15.6. The van der Waals surface area contributed by atoms with E-state index in [-0.39, 0.29) is 0 Å². The Morgan fingerprint density at radius 2 is 2.25 bits per heavy atom. The minimum absolute atomic E-state index is 0.300. The summed E-state index contributed by atoms with van der Waals surface area (Å²) in [6.07, 6.45) is 0. The summed E-state index contributed by atoms with van der Waals surface area (Å²) in [7, 11) is 3.94. The average Bonchev–Trinajstić information content (AvgIpc) is 2.64. The molecule has 1 aromatic heterocycles. The summed E-state index contributed by atoms with van der Waals surface area (Å²) >= 11 is 1.74. The molecule has 3 nitrogen and oxygen atoms in total. The van der Waals surface area contributed by atoms with Crippen LogP contribution < -0.4 is 5.32 Å². The van der Waals surface area contributed by atoms with E-state index in [1.165, 1.54) is 4.88 Å². The highest BCUT2D eigenvalue weighted by Gasteiger charge is 2.22. The maximum atomic E-state index is 10.1. The van der Waals surface area contributed by atoms with Crippen molar-refractivity contribution >= 4 is 11.3 Å². The van der Waals surface area contributed by atoms with Gasteiger partial charge < -0.3 is 15.3 Å². The van der Waals surface area contributed by atoms with E-state index in [9.17, 15) is 5.11 Å². The van der Waals surface area contributed by atoms with Crippen molar-refractivity contribution < 1.29 is 5.11 Å². The Balaban J connectivity index is 2.39. The van der Waals surface area contributed by atoms with Crippen LogP contribution in [0.5, 0.6) is 0 Å². The SMILES string of the molecule is CC(NCC(C)(O)CN(C)C)c1cccs1. The maximum Gasteiger partial charge on any atom is 0.0869 e. The van der Waals surface area contributed by atoms with Gasteiger partial charge in [-0.3, -0.25) is 0 Å². The minimum atomic E-state index is -0.685. The van der Waals surface area contributed by atoms with Gasteiger partial charge in [-0.2, -0.15) is 0 Å². The number of nitrogens with one attached hydrogen (secondary N) is 1. The van der Waals surface area contributed by atoms with Crippen LogP contribution in [-0.4, -0.2) is 42.8 Å². The molecular weight excluding hydrogens is 220 g/mol. The van der Waals surface area contributed by atoms with Crippen LogP contribution >= 0.6 is 11.3 Å². The van der Waals surface area contributed by atoms with E-state index in [1.807, 2.05) is 25.9 Å². The molecule has 2 atom stereocenters. The molecule has 0 aliphatic carbocycles. The number of nitrogens with zero attached hydrogens (tertiary/aromatic N) is 1. The van der Waals surface area contributed by atoms with Gasteiger partial charge in [-0.1, -0.05) is 6.07 Å². The Hall–Kier alpha value is -0.420. The smallest absolute Gasteiger partial charge is 0.0869 e. The van der Waals surface area contributed by atoms with Crippen LogP contribution in [0.15, 0.2) is 17.5 Å². The van der Waals surface area contributed by atoms with E-state index in [4.69, 9.17) is 0 Å². The molecule has 0 saturated heterocycles. The van der Waals surface area contributed by atoms with Crippen LogP contribution in [0.25, 0.3) is 0 Å². The fraction of sp³-hybridized carbons (Fsp3) is 0.667. The summed E-state index contributed by atoms with van der Waals surface area (Å²) in [5.41, 5.74) is -0.685. The van der Waals surface area contributed by atoms with Crippen molar-refractivity contribution in [3.63, 3.8) is 0 Å². The van der Waals surface area contributed by atoms with Gasteiger partial charge in [0, 0.05) is 24.0 Å². The molecule has 16 heavy (non-hydrogen) atoms. The number of hydrogen-bond acceptors (Lipinski definition) is 4. The van der Waals surface area contributed by atoms with Crippen LogP contribution in [-0.2, 0) is 0 Å². The first-order valence-electron chi connectivity index (χ1n) is 5.54. The molecule has 0 saturated carbocycles. The second-order valence-corrected chi connectivity index (χ2v) is 5.83. The van der Waals surface area contributed by atoms with Gasteiger partial charge in [-0.05, 0) is 39.4 Å². The molecule has 0 aliphatic rings. The maximum absolute atomic E-state index is 10.1. The third-order valence-corrected chi connectivity index (χ3v) is 3.47. The standard InChI is InChI=1S/C12H22N2OS/c1-10(11-6-5-7-16-11)13-8-12(2,15)9-14(3)4/h5-7,10,13,15H,8-9H2,1-4H3. The lowest BCUT2D eigenvalue weighted by Crippen LogP contribution is -2.46. The molecule has 2 N–H and O–H groups in total. The molecule has 4 heteroatoms. The third kappa shape index (κ3) is 4.61. The van der Waals surface area contributed by atoms with Crippen molar-refractivity contribution in [3.05, 3.63) is 22.4 Å². The molecule has 0 fully saturated rings. The Morgan fingerprint density at radius 1 is 1.56 bits per heavy atom. The van der Waals surface area contributed by atoms with E-state index in [1.54, 1.807) is 11.3 Å². The van der Waals surface area contributed by atoms with Gasteiger partial charge in [-0.25, -0.2) is 0 Å². The largest absolute Gasteiger partial charge is 0.388 e. The van der Waals surface area contributed by atoms with Crippen LogP contribution in [0.1, 0.15) is 24.8 Å². The van der Waals surface area contributed by atoms with Crippen LogP contribution in [0.2, 0.25) is 0 Å². The van der Waals surface area contributed by atoms with Crippen LogP contribution in [0.3, 0.4) is 0 Å². The van der Waals surface area contributed by atoms with E-state index in [0.717, 1.165) is 0 Å². The Labute approximate surface area is 102 Å². The number of thiophene rings is 1. The van der Waals surface area contributed by atoms with Crippen molar-refractivity contribution in [1.29, 1.82) is 0 Å². The first-order valence-corrected chi connectivity index (χ1v) is 6.42. The topological polar surface area (TPSA) is 35.5 Å². The highest BCUT2D eigenvalue weighted by atomic mass is 32.1. The lowest BCUT2D eigenvalue weighted by atomic mass is 10.1. The third-order valence-electron chi connectivity index (χ3n) is 2.42. The average molecular weight is 242 g/mol. The Kier molecular flexibility index (Phi) is 4.92. The van der Waals surface area contributed by atoms with Gasteiger partial charge in [0.15, 0.2) is 0 Å². The van der Waals surface area contributed by atoms with E-state index < -0.39 is 5.60 Å². The molecule has 0 aromatic carbocycles. The Morgan fingerprint density at radius 3 is 2.75 bits per heavy atom. The molecule has 2 unspecified atom stereocenters. The molecule has 0 radical (unpaired) electrons. The molecule has 1 aromatic rings. The quantitative estimate of drug-likeness (QED) is 0.797. The fourth-order valence-electron chi connectivity index (χ4n) is 1.75. The second kappa shape index (κ2) is 5.77. The summed E-state index contributed by atoms with van der Waals surface area (Å²) in [6.45, 7) is 5.25. The van der Waals surface area contributed by atoms with Gasteiger partial charge >= 0.3 is 0 Å². The second-order valence-electron chi connectivity index (χ2n) is 4.85. The Bertz CT molecular complexity index is 296. The van der Waals surface area contributed by atoms with Gasteiger partial charge in [-0.15, -0.1) is 11.3 Å². The van der Waals surface area contributed by atoms with Gasteiger partial charge in [0.1, 0.15) is 0 Å². The summed E-state index contributed by atoms with van der Waals surface area (Å²) in [6, 6.07) is 4.47. The fourth-order valence-corrected chi connectivity index (χ4v) is 2.51. The summed E-state index contributed by atoms with van der Waals surface area (Å²) in [4.78, 5) is 3.30. The molecule has 1 rings (SSSR count). The van der Waals surface area contributed by atoms with Crippen molar-refractivity contribution in [2.75, 3.05) is 27.2 Å². The lowest BCUT2D eigenvalue weighted by molar-refractivity contribution is 0.0318. The first-order chi connectivity index (χ1) is 7.41. The van der Waals surface area contributed by atoms with E-state index in [0.29, 0.717) is 19.1 Å². The monoisotopic (exact) mass is 242 g/mol. The zero-order chi connectivity index (χ0) is 12.2. The molecule has 0 bridgehead atoms. The highest BCUT2D eigenvalue weighted by molar-refractivity contribution is 7.10.